The minimum Gasteiger partial charge on any atom is -0.368 e. The normalized spacial score (nSPS) is 21.3. The Hall–Kier alpha value is -1.06. The van der Waals surface area contributed by atoms with Crippen LogP contribution in [0.4, 0.5) is 5.69 Å². The maximum Gasteiger partial charge on any atom is 0.0399 e. The highest BCUT2D eigenvalue weighted by molar-refractivity contribution is 5.56. The summed E-state index contributed by atoms with van der Waals surface area (Å²) in [6, 6.07) is 7.18. The Labute approximate surface area is 111 Å². The van der Waals surface area contributed by atoms with Gasteiger partial charge in [0.05, 0.1) is 0 Å². The van der Waals surface area contributed by atoms with Crippen LogP contribution in [-0.4, -0.2) is 43.7 Å². The van der Waals surface area contributed by atoms with E-state index in [4.69, 9.17) is 5.73 Å². The number of aryl methyl sites for hydroxylation is 1. The Balaban J connectivity index is 2.10. The zero-order chi connectivity index (χ0) is 13.1. The summed E-state index contributed by atoms with van der Waals surface area (Å²) >= 11 is 0. The Morgan fingerprint density at radius 3 is 2.72 bits per heavy atom. The predicted octanol–water partition coefficient (Wildman–Crippen LogP) is 1.77. The summed E-state index contributed by atoms with van der Waals surface area (Å²) in [6.45, 7) is 11.8. The van der Waals surface area contributed by atoms with Gasteiger partial charge in [0, 0.05) is 44.5 Å². The third-order valence-electron chi connectivity index (χ3n) is 4.10. The van der Waals surface area contributed by atoms with E-state index < -0.39 is 0 Å². The van der Waals surface area contributed by atoms with Crippen LogP contribution in [0.15, 0.2) is 18.2 Å². The molecule has 1 fully saturated rings. The minimum absolute atomic E-state index is 0.585. The smallest absolute Gasteiger partial charge is 0.0399 e. The summed E-state index contributed by atoms with van der Waals surface area (Å²) in [6.07, 6.45) is 0. The van der Waals surface area contributed by atoms with Crippen LogP contribution in [0.1, 0.15) is 18.1 Å². The number of nitrogens with two attached hydrogens (primary N) is 1. The second kappa shape index (κ2) is 5.72. The Morgan fingerprint density at radius 1 is 1.28 bits per heavy atom. The topological polar surface area (TPSA) is 32.5 Å². The van der Waals surface area contributed by atoms with Crippen LogP contribution >= 0.6 is 0 Å². The summed E-state index contributed by atoms with van der Waals surface area (Å²) in [7, 11) is 0. The van der Waals surface area contributed by atoms with Gasteiger partial charge in [-0.1, -0.05) is 12.1 Å². The molecule has 0 saturated carbocycles. The van der Waals surface area contributed by atoms with Crippen molar-refractivity contribution < 1.29 is 0 Å². The van der Waals surface area contributed by atoms with Gasteiger partial charge in [-0.05, 0) is 38.0 Å². The third kappa shape index (κ3) is 2.68. The Kier molecular flexibility index (Phi) is 4.25. The molecule has 100 valence electrons. The van der Waals surface area contributed by atoms with Crippen LogP contribution < -0.4 is 10.6 Å². The van der Waals surface area contributed by atoms with Crippen LogP contribution in [0.3, 0.4) is 0 Å². The van der Waals surface area contributed by atoms with Crippen LogP contribution in [0.25, 0.3) is 0 Å². The lowest BCUT2D eigenvalue weighted by molar-refractivity contribution is 0.195. The van der Waals surface area contributed by atoms with E-state index in [0.29, 0.717) is 6.04 Å². The van der Waals surface area contributed by atoms with Gasteiger partial charge < -0.3 is 10.6 Å². The molecule has 0 bridgehead atoms. The molecule has 0 amide bonds. The third-order valence-corrected chi connectivity index (χ3v) is 4.10. The predicted molar refractivity (Wildman–Crippen MR) is 78.2 cm³/mol. The molecule has 1 aromatic rings. The molecule has 1 unspecified atom stereocenters. The molecule has 18 heavy (non-hydrogen) atoms. The van der Waals surface area contributed by atoms with Crippen molar-refractivity contribution in [2.45, 2.75) is 26.8 Å². The molecule has 0 aliphatic carbocycles. The van der Waals surface area contributed by atoms with E-state index in [2.05, 4.69) is 48.8 Å². The van der Waals surface area contributed by atoms with Crippen molar-refractivity contribution in [3.8, 4) is 0 Å². The van der Waals surface area contributed by atoms with Crippen molar-refractivity contribution in [2.75, 3.05) is 37.6 Å². The molecule has 3 nitrogen and oxygen atoms in total. The van der Waals surface area contributed by atoms with Crippen LogP contribution in [-0.2, 0) is 0 Å². The van der Waals surface area contributed by atoms with E-state index in [9.17, 15) is 0 Å². The fourth-order valence-electron chi connectivity index (χ4n) is 2.79. The monoisotopic (exact) mass is 247 g/mol. The van der Waals surface area contributed by atoms with Crippen molar-refractivity contribution >= 4 is 5.69 Å². The Morgan fingerprint density at radius 2 is 2.06 bits per heavy atom. The van der Waals surface area contributed by atoms with Gasteiger partial charge in [0.1, 0.15) is 0 Å². The maximum absolute atomic E-state index is 5.66. The zero-order valence-electron chi connectivity index (χ0n) is 11.8. The van der Waals surface area contributed by atoms with E-state index in [0.717, 1.165) is 32.7 Å². The average molecular weight is 247 g/mol. The first kappa shape index (κ1) is 13.4. The van der Waals surface area contributed by atoms with Crippen molar-refractivity contribution in [2.24, 2.45) is 5.73 Å². The van der Waals surface area contributed by atoms with Crippen LogP contribution in [0.5, 0.6) is 0 Å². The number of nitrogens with zero attached hydrogens (tertiary/aromatic N) is 2. The molecule has 0 spiro atoms. The molecule has 1 saturated heterocycles. The maximum atomic E-state index is 5.66. The molecule has 1 aliphatic rings. The number of rotatable bonds is 3. The number of hydrogen-bond donors (Lipinski definition) is 1. The van der Waals surface area contributed by atoms with Gasteiger partial charge >= 0.3 is 0 Å². The van der Waals surface area contributed by atoms with Gasteiger partial charge in [0.2, 0.25) is 0 Å². The van der Waals surface area contributed by atoms with Gasteiger partial charge in [0.15, 0.2) is 0 Å². The highest BCUT2D eigenvalue weighted by Crippen LogP contribution is 2.25. The molecular formula is C15H25N3. The van der Waals surface area contributed by atoms with Crippen molar-refractivity contribution in [1.29, 1.82) is 0 Å². The minimum atomic E-state index is 0.585. The van der Waals surface area contributed by atoms with Gasteiger partial charge in [-0.25, -0.2) is 0 Å². The van der Waals surface area contributed by atoms with Crippen molar-refractivity contribution in [3.05, 3.63) is 29.3 Å². The Bertz CT molecular complexity index is 403. The van der Waals surface area contributed by atoms with E-state index >= 15 is 0 Å². The second-order valence-electron chi connectivity index (χ2n) is 5.34. The molecule has 1 atom stereocenters. The standard InChI is InChI=1S/C15H25N3/c1-12-5-4-6-15(14(12)3)18-10-9-17(8-7-16)13(2)11-18/h4-6,13H,7-11,16H2,1-3H3. The zero-order valence-corrected chi connectivity index (χ0v) is 11.8. The van der Waals surface area contributed by atoms with E-state index in [1.807, 2.05) is 0 Å². The quantitative estimate of drug-likeness (QED) is 0.883. The van der Waals surface area contributed by atoms with Gasteiger partial charge in [-0.3, -0.25) is 4.90 Å². The molecule has 3 heteroatoms. The highest BCUT2D eigenvalue weighted by atomic mass is 15.3. The van der Waals surface area contributed by atoms with Crippen LogP contribution in [0.2, 0.25) is 0 Å². The first-order chi connectivity index (χ1) is 8.63. The molecule has 1 aliphatic heterocycles. The highest BCUT2D eigenvalue weighted by Gasteiger charge is 2.23. The van der Waals surface area contributed by atoms with Crippen molar-refractivity contribution in [1.82, 2.24) is 4.90 Å². The molecule has 1 aromatic carbocycles. The molecular weight excluding hydrogens is 222 g/mol. The second-order valence-corrected chi connectivity index (χ2v) is 5.34. The first-order valence-electron chi connectivity index (χ1n) is 6.88. The fourth-order valence-corrected chi connectivity index (χ4v) is 2.79. The lowest BCUT2D eigenvalue weighted by Gasteiger charge is -2.41. The summed E-state index contributed by atoms with van der Waals surface area (Å²) in [4.78, 5) is 5.00. The van der Waals surface area contributed by atoms with Gasteiger partial charge in [-0.2, -0.15) is 0 Å². The number of piperazine rings is 1. The summed E-state index contributed by atoms with van der Waals surface area (Å²) in [5.41, 5.74) is 9.85. The summed E-state index contributed by atoms with van der Waals surface area (Å²) < 4.78 is 0. The molecule has 1 heterocycles. The SMILES string of the molecule is Cc1cccc(N2CCN(CCN)C(C)C2)c1C. The van der Waals surface area contributed by atoms with E-state index in [1.165, 1.54) is 16.8 Å². The van der Waals surface area contributed by atoms with Crippen LogP contribution in [0, 0.1) is 13.8 Å². The van der Waals surface area contributed by atoms with Gasteiger partial charge in [-0.15, -0.1) is 0 Å². The fraction of sp³-hybridized carbons (Fsp3) is 0.600. The largest absolute Gasteiger partial charge is 0.368 e. The summed E-state index contributed by atoms with van der Waals surface area (Å²) in [5, 5.41) is 0. The number of hydrogen-bond acceptors (Lipinski definition) is 3. The first-order valence-corrected chi connectivity index (χ1v) is 6.88. The van der Waals surface area contributed by atoms with E-state index in [-0.39, 0.29) is 0 Å². The van der Waals surface area contributed by atoms with E-state index in [1.54, 1.807) is 0 Å². The number of benzene rings is 1. The van der Waals surface area contributed by atoms with Crippen molar-refractivity contribution in [3.63, 3.8) is 0 Å². The molecule has 2 rings (SSSR count). The molecule has 0 aromatic heterocycles. The lowest BCUT2D eigenvalue weighted by Crippen LogP contribution is -2.53. The average Bonchev–Trinajstić information content (AvgIpc) is 2.35. The number of anilines is 1. The molecule has 0 radical (unpaired) electrons. The summed E-state index contributed by atoms with van der Waals surface area (Å²) in [5.74, 6) is 0. The lowest BCUT2D eigenvalue weighted by atomic mass is 10.1. The molecule has 2 N–H and O–H groups in total. The van der Waals surface area contributed by atoms with Gasteiger partial charge in [0.25, 0.3) is 0 Å².